The number of hydrogen-bond donors (Lipinski definition) is 1. The number of aliphatic hydroxyl groups excluding tert-OH is 1. The van der Waals surface area contributed by atoms with E-state index in [9.17, 15) is 0 Å². The molecule has 5 heteroatoms. The van der Waals surface area contributed by atoms with Crippen molar-refractivity contribution in [3.8, 4) is 0 Å². The van der Waals surface area contributed by atoms with Crippen LogP contribution in [0, 0.1) is 0 Å². The molecule has 0 aliphatic heterocycles. The van der Waals surface area contributed by atoms with Gasteiger partial charge in [0.2, 0.25) is 0 Å². The molecular formula is C5H13O2PS2. The van der Waals surface area contributed by atoms with Crippen LogP contribution in [0.5, 0.6) is 0 Å². The number of thioether (sulfide) groups is 1. The molecule has 0 aliphatic carbocycles. The first-order valence-corrected chi connectivity index (χ1v) is 6.86. The van der Waals surface area contributed by atoms with Crippen molar-refractivity contribution >= 4 is 31.2 Å². The maximum atomic E-state index is 8.37. The van der Waals surface area contributed by atoms with Gasteiger partial charge in [-0.05, 0) is 5.75 Å². The van der Waals surface area contributed by atoms with Gasteiger partial charge >= 0.3 is 0 Å². The van der Waals surface area contributed by atoms with Crippen molar-refractivity contribution < 1.29 is 9.63 Å². The third kappa shape index (κ3) is 9.05. The van der Waals surface area contributed by atoms with Crippen molar-refractivity contribution in [3.63, 3.8) is 0 Å². The van der Waals surface area contributed by atoms with E-state index in [2.05, 4.69) is 6.92 Å². The Hall–Kier alpha value is 1.05. The van der Waals surface area contributed by atoms with E-state index in [0.717, 1.165) is 18.1 Å². The molecule has 1 atom stereocenters. The molecule has 0 aromatic rings. The van der Waals surface area contributed by atoms with Crippen LogP contribution in [-0.4, -0.2) is 29.2 Å². The molecular weight excluding hydrogens is 187 g/mol. The highest BCUT2D eigenvalue weighted by atomic mass is 32.7. The lowest BCUT2D eigenvalue weighted by Gasteiger charge is -1.99. The summed E-state index contributed by atoms with van der Waals surface area (Å²) in [6, 6.07) is 0. The Balaban J connectivity index is 2.65. The first-order chi connectivity index (χ1) is 4.91. The summed E-state index contributed by atoms with van der Waals surface area (Å²) >= 11 is 3.29. The molecule has 0 heterocycles. The standard InChI is InChI=1S/C5H13O2PS2/c1-2-10-8-7-3-4-9-5-6/h6,8H,2-5H2,1H3. The molecule has 1 unspecified atom stereocenters. The maximum absolute atomic E-state index is 8.37. The van der Waals surface area contributed by atoms with Crippen LogP contribution in [0.15, 0.2) is 0 Å². The van der Waals surface area contributed by atoms with Crippen LogP contribution >= 0.6 is 31.2 Å². The van der Waals surface area contributed by atoms with Crippen molar-refractivity contribution in [2.45, 2.75) is 6.92 Å². The monoisotopic (exact) mass is 200 g/mol. The van der Waals surface area contributed by atoms with Crippen LogP contribution < -0.4 is 0 Å². The van der Waals surface area contributed by atoms with E-state index in [0.29, 0.717) is 8.01 Å². The summed E-state index contributed by atoms with van der Waals surface area (Å²) in [5.74, 6) is 2.22. The maximum Gasteiger partial charge on any atom is 0.0886 e. The zero-order valence-corrected chi connectivity index (χ0v) is 8.63. The second-order valence-corrected chi connectivity index (χ2v) is 5.16. The summed E-state index contributed by atoms with van der Waals surface area (Å²) in [5, 5.41) is 8.37. The first-order valence-electron chi connectivity index (χ1n) is 3.09. The predicted molar refractivity (Wildman–Crippen MR) is 51.9 cm³/mol. The van der Waals surface area contributed by atoms with Crippen LogP contribution in [0.1, 0.15) is 6.92 Å². The molecule has 0 radical (unpaired) electrons. The molecule has 1 N–H and O–H groups in total. The van der Waals surface area contributed by atoms with Gasteiger partial charge in [0.05, 0.1) is 20.6 Å². The van der Waals surface area contributed by atoms with Gasteiger partial charge in [-0.2, -0.15) is 0 Å². The molecule has 0 rings (SSSR count). The summed E-state index contributed by atoms with van der Waals surface area (Å²) in [6.45, 7) is 2.88. The largest absolute Gasteiger partial charge is 0.386 e. The van der Waals surface area contributed by atoms with Gasteiger partial charge in [0.15, 0.2) is 0 Å². The van der Waals surface area contributed by atoms with Crippen LogP contribution in [-0.2, 0) is 4.52 Å². The lowest BCUT2D eigenvalue weighted by molar-refractivity contribution is 0.371. The lowest BCUT2D eigenvalue weighted by Crippen LogP contribution is -1.89. The molecule has 0 aromatic heterocycles. The smallest absolute Gasteiger partial charge is 0.0886 e. The second kappa shape index (κ2) is 10.0. The Labute approximate surface area is 72.1 Å². The Bertz CT molecular complexity index is 57.6. The molecule has 0 saturated heterocycles. The Morgan fingerprint density at radius 1 is 1.60 bits per heavy atom. The summed E-state index contributed by atoms with van der Waals surface area (Å²) in [7, 11) is 0.565. The van der Waals surface area contributed by atoms with Gasteiger partial charge in [-0.3, -0.25) is 0 Å². The third-order valence-corrected chi connectivity index (χ3v) is 3.62. The van der Waals surface area contributed by atoms with Crippen molar-refractivity contribution in [2.24, 2.45) is 0 Å². The van der Waals surface area contributed by atoms with E-state index in [1.165, 1.54) is 11.8 Å². The minimum Gasteiger partial charge on any atom is -0.386 e. The van der Waals surface area contributed by atoms with Gasteiger partial charge in [0.1, 0.15) is 0 Å². The molecule has 0 fully saturated rings. The van der Waals surface area contributed by atoms with E-state index in [1.807, 2.05) is 0 Å². The van der Waals surface area contributed by atoms with Crippen LogP contribution in [0.25, 0.3) is 0 Å². The summed E-state index contributed by atoms with van der Waals surface area (Å²) < 4.78 is 5.23. The molecule has 0 saturated carbocycles. The van der Waals surface area contributed by atoms with Crippen LogP contribution in [0.3, 0.4) is 0 Å². The molecule has 0 aliphatic rings. The highest BCUT2D eigenvalue weighted by Crippen LogP contribution is 2.29. The fourth-order valence-electron chi connectivity index (χ4n) is 0.307. The zero-order chi connectivity index (χ0) is 7.66. The normalized spacial score (nSPS) is 11.4. The van der Waals surface area contributed by atoms with Gasteiger partial charge in [0.25, 0.3) is 0 Å². The van der Waals surface area contributed by atoms with Gasteiger partial charge < -0.3 is 9.63 Å². The average molecular weight is 200 g/mol. The zero-order valence-electron chi connectivity index (χ0n) is 6.00. The lowest BCUT2D eigenvalue weighted by atomic mass is 10.9. The van der Waals surface area contributed by atoms with E-state index >= 15 is 0 Å². The van der Waals surface area contributed by atoms with Gasteiger partial charge in [-0.25, -0.2) is 0 Å². The first kappa shape index (κ1) is 11.1. The van der Waals surface area contributed by atoms with Gasteiger partial charge in [-0.15, -0.1) is 23.1 Å². The molecule has 62 valence electrons. The van der Waals surface area contributed by atoms with Crippen molar-refractivity contribution in [1.29, 1.82) is 0 Å². The highest BCUT2D eigenvalue weighted by molar-refractivity contribution is 8.48. The molecule has 10 heavy (non-hydrogen) atoms. The third-order valence-electron chi connectivity index (χ3n) is 0.683. The Morgan fingerprint density at radius 2 is 2.40 bits per heavy atom. The van der Waals surface area contributed by atoms with Gasteiger partial charge in [-0.1, -0.05) is 6.92 Å². The van der Waals surface area contributed by atoms with Gasteiger partial charge in [0, 0.05) is 5.75 Å². The number of hydrogen-bond acceptors (Lipinski definition) is 4. The Kier molecular flexibility index (Phi) is 11.1. The SMILES string of the molecule is CCSPOCCSCO. The van der Waals surface area contributed by atoms with Crippen molar-refractivity contribution in [3.05, 3.63) is 0 Å². The summed E-state index contributed by atoms with van der Waals surface area (Å²) in [4.78, 5) is 0. The quantitative estimate of drug-likeness (QED) is 0.386. The van der Waals surface area contributed by atoms with E-state index in [-0.39, 0.29) is 5.94 Å². The number of aliphatic hydroxyl groups is 1. The minimum atomic E-state index is 0.202. The summed E-state index contributed by atoms with van der Waals surface area (Å²) in [5.41, 5.74) is 0. The van der Waals surface area contributed by atoms with E-state index in [4.69, 9.17) is 9.63 Å². The molecule has 0 spiro atoms. The topological polar surface area (TPSA) is 29.5 Å². The molecule has 0 amide bonds. The Morgan fingerprint density at radius 3 is 3.00 bits per heavy atom. The predicted octanol–water partition coefficient (Wildman–Crippen LogP) is 1.95. The minimum absolute atomic E-state index is 0.202. The molecule has 0 bridgehead atoms. The second-order valence-electron chi connectivity index (χ2n) is 1.40. The highest BCUT2D eigenvalue weighted by Gasteiger charge is 1.87. The molecule has 2 nitrogen and oxygen atoms in total. The molecule has 0 aromatic carbocycles. The summed E-state index contributed by atoms with van der Waals surface area (Å²) in [6.07, 6.45) is 0. The van der Waals surface area contributed by atoms with Crippen LogP contribution in [0.2, 0.25) is 0 Å². The van der Waals surface area contributed by atoms with E-state index < -0.39 is 0 Å². The van der Waals surface area contributed by atoms with Crippen molar-refractivity contribution in [1.82, 2.24) is 0 Å². The van der Waals surface area contributed by atoms with Crippen molar-refractivity contribution in [2.75, 3.05) is 24.1 Å². The average Bonchev–Trinajstić information content (AvgIpc) is 1.97. The number of rotatable bonds is 7. The van der Waals surface area contributed by atoms with E-state index in [1.54, 1.807) is 11.4 Å². The van der Waals surface area contributed by atoms with Crippen LogP contribution in [0.4, 0.5) is 0 Å². The fourth-order valence-corrected chi connectivity index (χ4v) is 2.03. The fraction of sp³-hybridized carbons (Fsp3) is 1.00.